The van der Waals surface area contributed by atoms with Gasteiger partial charge in [-0.25, -0.2) is 4.98 Å². The molecule has 4 heteroatoms. The molecule has 0 fully saturated rings. The van der Waals surface area contributed by atoms with Crippen LogP contribution in [0.25, 0.3) is 21.8 Å². The van der Waals surface area contributed by atoms with Gasteiger partial charge in [-0.2, -0.15) is 0 Å². The Kier molecular flexibility index (Phi) is 6.30. The number of aromatic nitrogens is 2. The number of fused-ring (bicyclic) bond motifs is 2. The highest BCUT2D eigenvalue weighted by Crippen LogP contribution is 2.25. The zero-order valence-electron chi connectivity index (χ0n) is 16.6. The molecule has 0 aliphatic carbocycles. The van der Waals surface area contributed by atoms with Crippen LogP contribution >= 0.6 is 15.9 Å². The van der Waals surface area contributed by atoms with Gasteiger partial charge in [0.25, 0.3) is 0 Å². The van der Waals surface area contributed by atoms with E-state index >= 15 is 0 Å². The molecule has 148 valence electrons. The minimum atomic E-state index is 0.459. The number of rotatable bonds is 8. The molecular weight excluding hydrogens is 424 g/mol. The van der Waals surface area contributed by atoms with Gasteiger partial charge in [0.15, 0.2) is 0 Å². The molecule has 0 atom stereocenters. The van der Waals surface area contributed by atoms with Crippen molar-refractivity contribution in [3.05, 3.63) is 84.2 Å². The third-order valence-corrected chi connectivity index (χ3v) is 5.63. The summed E-state index contributed by atoms with van der Waals surface area (Å²) < 4.78 is 8.44. The van der Waals surface area contributed by atoms with E-state index in [-0.39, 0.29) is 0 Å². The Bertz CT molecular complexity index is 1150. The third kappa shape index (κ3) is 4.54. The largest absolute Gasteiger partial charge is 0.486 e. The predicted molar refractivity (Wildman–Crippen MR) is 125 cm³/mol. The normalized spacial score (nSPS) is 11.7. The maximum atomic E-state index is 6.14. The molecule has 3 aromatic carbocycles. The Labute approximate surface area is 180 Å². The van der Waals surface area contributed by atoms with E-state index in [0.717, 1.165) is 41.8 Å². The van der Waals surface area contributed by atoms with Gasteiger partial charge in [0.05, 0.1) is 11.0 Å². The zero-order valence-corrected chi connectivity index (χ0v) is 18.2. The maximum absolute atomic E-state index is 6.14. The van der Waals surface area contributed by atoms with Crippen molar-refractivity contribution in [1.82, 2.24) is 9.55 Å². The number of hydrogen-bond donors (Lipinski definition) is 0. The van der Waals surface area contributed by atoms with Crippen molar-refractivity contribution in [2.45, 2.75) is 32.9 Å². The fourth-order valence-corrected chi connectivity index (χ4v) is 3.85. The van der Waals surface area contributed by atoms with Crippen molar-refractivity contribution in [2.24, 2.45) is 0 Å². The minimum Gasteiger partial charge on any atom is -0.486 e. The van der Waals surface area contributed by atoms with Crippen LogP contribution in [0, 0.1) is 0 Å². The molecule has 0 amide bonds. The molecule has 0 aliphatic heterocycles. The highest BCUT2D eigenvalue weighted by Gasteiger charge is 2.12. The molecule has 0 aliphatic rings. The van der Waals surface area contributed by atoms with E-state index in [0.29, 0.717) is 6.61 Å². The molecule has 0 radical (unpaired) electrons. The summed E-state index contributed by atoms with van der Waals surface area (Å²) in [5.41, 5.74) is 3.45. The van der Waals surface area contributed by atoms with Crippen LogP contribution in [-0.4, -0.2) is 14.9 Å². The maximum Gasteiger partial charge on any atom is 0.147 e. The van der Waals surface area contributed by atoms with Crippen molar-refractivity contribution in [3.8, 4) is 5.75 Å². The number of halogens is 1. The molecule has 29 heavy (non-hydrogen) atoms. The molecular formula is C25H25BrN2O. The van der Waals surface area contributed by atoms with Crippen molar-refractivity contribution in [2.75, 3.05) is 5.33 Å². The first kappa shape index (κ1) is 19.7. The van der Waals surface area contributed by atoms with Crippen LogP contribution in [0.15, 0.2) is 72.8 Å². The average molecular weight is 449 g/mol. The summed E-state index contributed by atoms with van der Waals surface area (Å²) in [6.45, 7) is 3.42. The number of alkyl halides is 1. The molecule has 1 aromatic heterocycles. The molecule has 0 unspecified atom stereocenters. The van der Waals surface area contributed by atoms with Gasteiger partial charge in [0.1, 0.15) is 18.2 Å². The number of hydrogen-bond acceptors (Lipinski definition) is 2. The van der Waals surface area contributed by atoms with E-state index < -0.39 is 0 Å². The summed E-state index contributed by atoms with van der Waals surface area (Å²) in [6.07, 6.45) is 6.20. The van der Waals surface area contributed by atoms with E-state index in [4.69, 9.17) is 9.72 Å². The Morgan fingerprint density at radius 3 is 2.66 bits per heavy atom. The van der Waals surface area contributed by atoms with E-state index in [1.54, 1.807) is 0 Å². The fraction of sp³-hybridized carbons (Fsp3) is 0.240. The van der Waals surface area contributed by atoms with Crippen LogP contribution in [0.1, 0.15) is 24.7 Å². The topological polar surface area (TPSA) is 27.1 Å². The molecule has 0 saturated heterocycles. The van der Waals surface area contributed by atoms with Crippen LogP contribution in [0.4, 0.5) is 0 Å². The molecule has 0 spiro atoms. The summed E-state index contributed by atoms with van der Waals surface area (Å²) in [6, 6.07) is 21.2. The lowest BCUT2D eigenvalue weighted by molar-refractivity contribution is 0.290. The number of imidazole rings is 1. The number of aryl methyl sites for hydroxylation is 1. The zero-order chi connectivity index (χ0) is 20.1. The van der Waals surface area contributed by atoms with Crippen LogP contribution in [0.5, 0.6) is 5.75 Å². The standard InChI is InChI=1S/C25H25BrN2O/c1-2-3-8-19-9-6-12-22(15-19)29-18-25-27-23-16-20-10-4-5-11-21(20)17-24(23)28(25)14-7-13-26/h2-6,9-12,15-17H,7-8,13-14,18H2,1H3/b3-2+. The van der Waals surface area contributed by atoms with Crippen LogP contribution in [0.3, 0.4) is 0 Å². The van der Waals surface area contributed by atoms with E-state index in [1.807, 2.05) is 13.0 Å². The van der Waals surface area contributed by atoms with Crippen molar-refractivity contribution in [1.29, 1.82) is 0 Å². The lowest BCUT2D eigenvalue weighted by Crippen LogP contribution is -2.08. The summed E-state index contributed by atoms with van der Waals surface area (Å²) in [4.78, 5) is 4.91. The van der Waals surface area contributed by atoms with Gasteiger partial charge in [0, 0.05) is 11.9 Å². The molecule has 4 rings (SSSR count). The monoisotopic (exact) mass is 448 g/mol. The lowest BCUT2D eigenvalue weighted by Gasteiger charge is -2.11. The molecule has 3 nitrogen and oxygen atoms in total. The first-order chi connectivity index (χ1) is 14.3. The van der Waals surface area contributed by atoms with Crippen LogP contribution in [0.2, 0.25) is 0 Å². The fourth-order valence-electron chi connectivity index (χ4n) is 3.60. The van der Waals surface area contributed by atoms with E-state index in [9.17, 15) is 0 Å². The molecule has 0 N–H and O–H groups in total. The summed E-state index contributed by atoms with van der Waals surface area (Å²) >= 11 is 3.56. The smallest absolute Gasteiger partial charge is 0.147 e. The second-order valence-corrected chi connectivity index (χ2v) is 7.91. The molecule has 4 aromatic rings. The first-order valence-electron chi connectivity index (χ1n) is 10.1. The van der Waals surface area contributed by atoms with Gasteiger partial charge < -0.3 is 9.30 Å². The Morgan fingerprint density at radius 2 is 1.86 bits per heavy atom. The van der Waals surface area contributed by atoms with E-state index in [2.05, 4.69) is 87.2 Å². The minimum absolute atomic E-state index is 0.459. The molecule has 1 heterocycles. The molecule has 0 saturated carbocycles. The first-order valence-corrected chi connectivity index (χ1v) is 11.2. The van der Waals surface area contributed by atoms with Crippen molar-refractivity contribution in [3.63, 3.8) is 0 Å². The third-order valence-electron chi connectivity index (χ3n) is 5.07. The SMILES string of the molecule is C/C=C/Cc1cccc(OCc2nc3cc4ccccc4cc3n2CCCBr)c1. The van der Waals surface area contributed by atoms with Gasteiger partial charge in [-0.05, 0) is 60.4 Å². The summed E-state index contributed by atoms with van der Waals surface area (Å²) in [5.74, 6) is 1.85. The van der Waals surface area contributed by atoms with Crippen molar-refractivity contribution >= 4 is 37.7 Å². The second-order valence-electron chi connectivity index (χ2n) is 7.12. The van der Waals surface area contributed by atoms with Gasteiger partial charge in [0.2, 0.25) is 0 Å². The lowest BCUT2D eigenvalue weighted by atomic mass is 10.1. The van der Waals surface area contributed by atoms with Crippen LogP contribution < -0.4 is 4.74 Å². The second kappa shape index (κ2) is 9.27. The Balaban J connectivity index is 1.64. The number of benzene rings is 3. The Morgan fingerprint density at radius 1 is 1.03 bits per heavy atom. The van der Waals surface area contributed by atoms with Gasteiger partial charge in [-0.15, -0.1) is 0 Å². The highest BCUT2D eigenvalue weighted by molar-refractivity contribution is 9.09. The van der Waals surface area contributed by atoms with E-state index in [1.165, 1.54) is 21.9 Å². The highest BCUT2D eigenvalue weighted by atomic mass is 79.9. The summed E-state index contributed by atoms with van der Waals surface area (Å²) in [7, 11) is 0. The molecule has 0 bridgehead atoms. The van der Waals surface area contributed by atoms with Crippen LogP contribution in [-0.2, 0) is 19.6 Å². The number of nitrogens with zero attached hydrogens (tertiary/aromatic N) is 2. The Hall–Kier alpha value is -2.59. The average Bonchev–Trinajstić information content (AvgIpc) is 3.09. The number of allylic oxidation sites excluding steroid dienone is 2. The van der Waals surface area contributed by atoms with Gasteiger partial charge >= 0.3 is 0 Å². The predicted octanol–water partition coefficient (Wildman–Crippen LogP) is 6.67. The summed E-state index contributed by atoms with van der Waals surface area (Å²) in [5, 5.41) is 3.42. The van der Waals surface area contributed by atoms with Gasteiger partial charge in [-0.3, -0.25) is 0 Å². The quantitative estimate of drug-likeness (QED) is 0.222. The number of ether oxygens (including phenoxy) is 1. The van der Waals surface area contributed by atoms with Crippen molar-refractivity contribution < 1.29 is 4.74 Å². The van der Waals surface area contributed by atoms with Gasteiger partial charge in [-0.1, -0.05) is 64.5 Å².